The van der Waals surface area contributed by atoms with Gasteiger partial charge in [0, 0.05) is 15.7 Å². The van der Waals surface area contributed by atoms with Gasteiger partial charge in [0.05, 0.1) is 5.69 Å². The number of para-hydroxylation sites is 1. The third kappa shape index (κ3) is 4.31. The van der Waals surface area contributed by atoms with Gasteiger partial charge in [-0.05, 0) is 23.8 Å². The largest absolute Gasteiger partial charge is 0.344 e. The van der Waals surface area contributed by atoms with Gasteiger partial charge in [0.25, 0.3) is 0 Å². The first-order valence-corrected chi connectivity index (χ1v) is 8.22. The van der Waals surface area contributed by atoms with Crippen LogP contribution in [0.1, 0.15) is 5.56 Å². The second kappa shape index (κ2) is 8.65. The number of hydrogen-bond acceptors (Lipinski definition) is 5. The van der Waals surface area contributed by atoms with E-state index in [1.165, 1.54) is 0 Å². The molecule has 0 atom stereocenters. The van der Waals surface area contributed by atoms with E-state index in [9.17, 15) is 0 Å². The van der Waals surface area contributed by atoms with Gasteiger partial charge in [-0.1, -0.05) is 41.9 Å². The molecule has 2 aromatic carbocycles. The molecular formula is C18H11ClN4S. The summed E-state index contributed by atoms with van der Waals surface area (Å²) in [7, 11) is 0. The Morgan fingerprint density at radius 3 is 2.29 bits per heavy atom. The number of rotatable bonds is 5. The summed E-state index contributed by atoms with van der Waals surface area (Å²) in [5, 5.41) is 30.6. The molecule has 0 radical (unpaired) electrons. The van der Waals surface area contributed by atoms with Crippen molar-refractivity contribution in [1.29, 1.82) is 15.8 Å². The summed E-state index contributed by atoms with van der Waals surface area (Å²) in [6, 6.07) is 20.3. The SMILES string of the molecule is N#CC(C#N)=C(C#N)Nc1ccccc1SCc1ccccc1Cl. The molecule has 24 heavy (non-hydrogen) atoms. The van der Waals surface area contributed by atoms with Crippen LogP contribution in [0.3, 0.4) is 0 Å². The topological polar surface area (TPSA) is 83.4 Å². The molecule has 0 aliphatic carbocycles. The molecule has 0 unspecified atom stereocenters. The van der Waals surface area contributed by atoms with E-state index in [0.717, 1.165) is 10.5 Å². The first kappa shape index (κ1) is 17.4. The van der Waals surface area contributed by atoms with Crippen molar-refractivity contribution in [3.05, 3.63) is 70.4 Å². The zero-order valence-corrected chi connectivity index (χ0v) is 14.0. The van der Waals surface area contributed by atoms with Crippen molar-refractivity contribution < 1.29 is 0 Å². The Morgan fingerprint density at radius 2 is 1.62 bits per heavy atom. The van der Waals surface area contributed by atoms with E-state index < -0.39 is 0 Å². The highest BCUT2D eigenvalue weighted by molar-refractivity contribution is 7.98. The van der Waals surface area contributed by atoms with E-state index in [2.05, 4.69) is 5.32 Å². The second-order valence-corrected chi connectivity index (χ2v) is 6.01. The molecular weight excluding hydrogens is 340 g/mol. The number of nitrogens with zero attached hydrogens (tertiary/aromatic N) is 3. The van der Waals surface area contributed by atoms with E-state index in [1.807, 2.05) is 48.5 Å². The van der Waals surface area contributed by atoms with Crippen LogP contribution >= 0.6 is 23.4 Å². The van der Waals surface area contributed by atoms with Gasteiger partial charge in [0.2, 0.25) is 0 Å². The van der Waals surface area contributed by atoms with Crippen LogP contribution in [0.5, 0.6) is 0 Å². The minimum absolute atomic E-state index is 0.0641. The maximum Gasteiger partial charge on any atom is 0.163 e. The molecule has 0 amide bonds. The predicted molar refractivity (Wildman–Crippen MR) is 94.9 cm³/mol. The molecule has 0 aliphatic heterocycles. The molecule has 0 spiro atoms. The average molecular weight is 351 g/mol. The Labute approximate surface area is 149 Å². The van der Waals surface area contributed by atoms with Crippen molar-refractivity contribution in [2.24, 2.45) is 0 Å². The van der Waals surface area contributed by atoms with Crippen molar-refractivity contribution in [2.75, 3.05) is 5.32 Å². The number of nitrogens with one attached hydrogen (secondary N) is 1. The number of hydrogen-bond donors (Lipinski definition) is 1. The minimum Gasteiger partial charge on any atom is -0.344 e. The summed E-state index contributed by atoms with van der Waals surface area (Å²) in [6.45, 7) is 0. The van der Waals surface area contributed by atoms with Gasteiger partial charge in [-0.15, -0.1) is 11.8 Å². The number of nitriles is 3. The lowest BCUT2D eigenvalue weighted by Crippen LogP contribution is -2.01. The lowest BCUT2D eigenvalue weighted by molar-refractivity contribution is 1.32. The molecule has 0 aliphatic rings. The van der Waals surface area contributed by atoms with Crippen LogP contribution in [0.25, 0.3) is 0 Å². The van der Waals surface area contributed by atoms with Crippen LogP contribution in [0.2, 0.25) is 5.02 Å². The van der Waals surface area contributed by atoms with Crippen LogP contribution in [-0.2, 0) is 5.75 Å². The van der Waals surface area contributed by atoms with Crippen molar-refractivity contribution in [3.8, 4) is 18.2 Å². The lowest BCUT2D eigenvalue weighted by atomic mass is 10.2. The summed E-state index contributed by atoms with van der Waals surface area (Å²) in [5.74, 6) is 0.660. The Bertz CT molecular complexity index is 884. The maximum atomic E-state index is 9.16. The van der Waals surface area contributed by atoms with Gasteiger partial charge in [0.1, 0.15) is 23.9 Å². The first-order chi connectivity index (χ1) is 11.7. The molecule has 0 heterocycles. The number of anilines is 1. The van der Waals surface area contributed by atoms with Crippen LogP contribution in [0.15, 0.2) is 64.7 Å². The molecule has 4 nitrogen and oxygen atoms in total. The van der Waals surface area contributed by atoms with Crippen LogP contribution < -0.4 is 5.32 Å². The molecule has 2 aromatic rings. The third-order valence-corrected chi connectivity index (χ3v) is 4.56. The molecule has 116 valence electrons. The smallest absolute Gasteiger partial charge is 0.163 e. The molecule has 0 fully saturated rings. The second-order valence-electron chi connectivity index (χ2n) is 4.59. The van der Waals surface area contributed by atoms with Gasteiger partial charge < -0.3 is 5.32 Å². The predicted octanol–water partition coefficient (Wildman–Crippen LogP) is 4.87. The Kier molecular flexibility index (Phi) is 6.29. The monoisotopic (exact) mass is 350 g/mol. The number of allylic oxidation sites excluding steroid dienone is 2. The van der Waals surface area contributed by atoms with Gasteiger partial charge in [0.15, 0.2) is 5.57 Å². The first-order valence-electron chi connectivity index (χ1n) is 6.86. The van der Waals surface area contributed by atoms with E-state index in [4.69, 9.17) is 27.4 Å². The number of thioether (sulfide) groups is 1. The highest BCUT2D eigenvalue weighted by Crippen LogP contribution is 2.32. The lowest BCUT2D eigenvalue weighted by Gasteiger charge is -2.11. The summed E-state index contributed by atoms with van der Waals surface area (Å²) < 4.78 is 0. The van der Waals surface area contributed by atoms with Crippen LogP contribution in [0, 0.1) is 34.0 Å². The highest BCUT2D eigenvalue weighted by atomic mass is 35.5. The Morgan fingerprint density at radius 1 is 0.958 bits per heavy atom. The molecule has 0 aromatic heterocycles. The minimum atomic E-state index is -0.247. The van der Waals surface area contributed by atoms with Crippen LogP contribution in [-0.4, -0.2) is 0 Å². The fraction of sp³-hybridized carbons (Fsp3) is 0.0556. The van der Waals surface area contributed by atoms with E-state index in [-0.39, 0.29) is 11.3 Å². The molecule has 1 N–H and O–H groups in total. The summed E-state index contributed by atoms with van der Waals surface area (Å²) in [6.07, 6.45) is 0. The van der Waals surface area contributed by atoms with E-state index in [1.54, 1.807) is 30.0 Å². The molecule has 6 heteroatoms. The van der Waals surface area contributed by atoms with E-state index >= 15 is 0 Å². The highest BCUT2D eigenvalue weighted by Gasteiger charge is 2.10. The molecule has 0 saturated carbocycles. The number of benzene rings is 2. The zero-order valence-electron chi connectivity index (χ0n) is 12.5. The number of halogens is 1. The van der Waals surface area contributed by atoms with Crippen molar-refractivity contribution in [3.63, 3.8) is 0 Å². The zero-order chi connectivity index (χ0) is 17.4. The van der Waals surface area contributed by atoms with Crippen molar-refractivity contribution in [1.82, 2.24) is 0 Å². The van der Waals surface area contributed by atoms with E-state index in [0.29, 0.717) is 16.5 Å². The van der Waals surface area contributed by atoms with Gasteiger partial charge >= 0.3 is 0 Å². The van der Waals surface area contributed by atoms with Crippen LogP contribution in [0.4, 0.5) is 5.69 Å². The summed E-state index contributed by atoms with van der Waals surface area (Å²) >= 11 is 7.71. The summed E-state index contributed by atoms with van der Waals surface area (Å²) in [4.78, 5) is 0.889. The average Bonchev–Trinajstić information content (AvgIpc) is 2.62. The fourth-order valence-corrected chi connectivity index (χ4v) is 3.18. The maximum absolute atomic E-state index is 9.16. The van der Waals surface area contributed by atoms with Gasteiger partial charge in [-0.2, -0.15) is 15.8 Å². The van der Waals surface area contributed by atoms with Gasteiger partial charge in [-0.25, -0.2) is 0 Å². The Balaban J connectivity index is 2.24. The standard InChI is InChI=1S/C18H11ClN4S/c19-15-6-2-1-5-13(15)12-24-18-8-4-3-7-16(18)23-17(11-22)14(9-20)10-21/h1-8,23H,12H2. The third-order valence-electron chi connectivity index (χ3n) is 3.07. The fourth-order valence-electron chi connectivity index (χ4n) is 1.88. The Hall–Kier alpha value is -2.91. The van der Waals surface area contributed by atoms with Gasteiger partial charge in [-0.3, -0.25) is 0 Å². The quantitative estimate of drug-likeness (QED) is 0.614. The molecule has 0 saturated heterocycles. The molecule has 2 rings (SSSR count). The van der Waals surface area contributed by atoms with Crippen molar-refractivity contribution >= 4 is 29.1 Å². The van der Waals surface area contributed by atoms with Crippen molar-refractivity contribution in [2.45, 2.75) is 10.6 Å². The molecule has 0 bridgehead atoms. The normalized spacial score (nSPS) is 9.25. The summed E-state index contributed by atoms with van der Waals surface area (Å²) in [5.41, 5.74) is 1.35.